The van der Waals surface area contributed by atoms with Gasteiger partial charge in [-0.3, -0.25) is 14.8 Å². The summed E-state index contributed by atoms with van der Waals surface area (Å²) in [6.07, 6.45) is 4.99. The molecular formula is C22H38IN5O. The van der Waals surface area contributed by atoms with Crippen LogP contribution in [0.25, 0.3) is 0 Å². The number of ether oxygens (including phenoxy) is 1. The second kappa shape index (κ2) is 13.4. The molecule has 2 fully saturated rings. The molecule has 0 unspecified atom stereocenters. The molecule has 1 heterocycles. The van der Waals surface area contributed by atoms with Gasteiger partial charge in [-0.25, -0.2) is 0 Å². The Hall–Kier alpha value is -0.900. The highest BCUT2D eigenvalue weighted by atomic mass is 127. The summed E-state index contributed by atoms with van der Waals surface area (Å²) in [6.45, 7) is 7.13. The van der Waals surface area contributed by atoms with Crippen molar-refractivity contribution < 1.29 is 4.74 Å². The van der Waals surface area contributed by atoms with Gasteiger partial charge in [0.05, 0.1) is 6.61 Å². The molecule has 0 atom stereocenters. The smallest absolute Gasteiger partial charge is 0.191 e. The quantitative estimate of drug-likeness (QED) is 0.285. The van der Waals surface area contributed by atoms with Crippen LogP contribution in [0, 0.1) is 0 Å². The Kier molecular flexibility index (Phi) is 11.3. The SMILES string of the molecule is CN=C(NCCN(CCOC)C1CC1)NC1CCN(Cc2ccccc2)CC1.I. The lowest BCUT2D eigenvalue weighted by atomic mass is 10.0. The number of piperidine rings is 1. The Morgan fingerprint density at radius 3 is 2.48 bits per heavy atom. The summed E-state index contributed by atoms with van der Waals surface area (Å²) in [7, 11) is 3.64. The van der Waals surface area contributed by atoms with Crippen LogP contribution in [0.15, 0.2) is 35.3 Å². The summed E-state index contributed by atoms with van der Waals surface area (Å²) < 4.78 is 5.24. The number of aliphatic imine (C=N–C) groups is 1. The molecule has 1 saturated heterocycles. The van der Waals surface area contributed by atoms with Crippen LogP contribution in [0.5, 0.6) is 0 Å². The predicted octanol–water partition coefficient (Wildman–Crippen LogP) is 2.54. The van der Waals surface area contributed by atoms with Crippen LogP contribution >= 0.6 is 24.0 Å². The first-order valence-corrected chi connectivity index (χ1v) is 10.7. The highest BCUT2D eigenvalue weighted by Crippen LogP contribution is 2.26. The number of likely N-dealkylation sites (tertiary alicyclic amines) is 1. The largest absolute Gasteiger partial charge is 0.383 e. The summed E-state index contributed by atoms with van der Waals surface area (Å²) in [6, 6.07) is 12.0. The van der Waals surface area contributed by atoms with Crippen molar-refractivity contribution in [1.29, 1.82) is 0 Å². The zero-order valence-electron chi connectivity index (χ0n) is 18.0. The first-order valence-electron chi connectivity index (χ1n) is 10.7. The molecular weight excluding hydrogens is 477 g/mol. The third-order valence-electron chi connectivity index (χ3n) is 5.74. The molecule has 6 nitrogen and oxygen atoms in total. The molecule has 164 valence electrons. The average molecular weight is 515 g/mol. The molecule has 0 aromatic heterocycles. The second-order valence-corrected chi connectivity index (χ2v) is 7.94. The summed E-state index contributed by atoms with van der Waals surface area (Å²) >= 11 is 0. The van der Waals surface area contributed by atoms with Crippen LogP contribution in [0.1, 0.15) is 31.2 Å². The summed E-state index contributed by atoms with van der Waals surface area (Å²) in [5.41, 5.74) is 1.40. The van der Waals surface area contributed by atoms with Gasteiger partial charge in [-0.1, -0.05) is 30.3 Å². The zero-order valence-corrected chi connectivity index (χ0v) is 20.3. The molecule has 1 aromatic carbocycles. The van der Waals surface area contributed by atoms with Crippen molar-refractivity contribution in [3.8, 4) is 0 Å². The van der Waals surface area contributed by atoms with Gasteiger partial charge in [0.1, 0.15) is 0 Å². The van der Waals surface area contributed by atoms with Crippen molar-refractivity contribution in [2.24, 2.45) is 4.99 Å². The lowest BCUT2D eigenvalue weighted by Crippen LogP contribution is -2.49. The number of methoxy groups -OCH3 is 1. The van der Waals surface area contributed by atoms with E-state index in [9.17, 15) is 0 Å². The van der Waals surface area contributed by atoms with E-state index in [1.165, 1.54) is 18.4 Å². The maximum atomic E-state index is 5.24. The summed E-state index contributed by atoms with van der Waals surface area (Å²) in [5.74, 6) is 0.934. The maximum absolute atomic E-state index is 5.24. The van der Waals surface area contributed by atoms with Gasteiger partial charge in [0, 0.05) is 65.5 Å². The van der Waals surface area contributed by atoms with E-state index in [0.29, 0.717) is 6.04 Å². The van der Waals surface area contributed by atoms with Crippen LogP contribution in [0.2, 0.25) is 0 Å². The standard InChI is InChI=1S/C22H37N5O.HI/c1-23-22(24-12-15-27(16-17-28-2)21-8-9-21)25-20-10-13-26(14-11-20)18-19-6-4-3-5-7-19;/h3-7,20-21H,8-18H2,1-2H3,(H2,23,24,25);1H. The highest BCUT2D eigenvalue weighted by molar-refractivity contribution is 14.0. The molecule has 0 spiro atoms. The Morgan fingerprint density at radius 2 is 1.86 bits per heavy atom. The number of benzene rings is 1. The molecule has 1 saturated carbocycles. The monoisotopic (exact) mass is 515 g/mol. The van der Waals surface area contributed by atoms with E-state index in [1.807, 2.05) is 7.05 Å². The summed E-state index contributed by atoms with van der Waals surface area (Å²) in [5, 5.41) is 7.12. The third kappa shape index (κ3) is 8.78. The molecule has 1 aliphatic carbocycles. The zero-order chi connectivity index (χ0) is 19.6. The third-order valence-corrected chi connectivity index (χ3v) is 5.74. The number of hydrogen-bond donors (Lipinski definition) is 2. The van der Waals surface area contributed by atoms with Gasteiger partial charge >= 0.3 is 0 Å². The molecule has 0 bridgehead atoms. The Morgan fingerprint density at radius 1 is 1.14 bits per heavy atom. The lowest BCUT2D eigenvalue weighted by Gasteiger charge is -2.33. The fraction of sp³-hybridized carbons (Fsp3) is 0.682. The molecule has 7 heteroatoms. The van der Waals surface area contributed by atoms with Crippen molar-refractivity contribution in [2.45, 2.75) is 44.3 Å². The van der Waals surface area contributed by atoms with Gasteiger partial charge in [-0.15, -0.1) is 24.0 Å². The average Bonchev–Trinajstić information content (AvgIpc) is 3.57. The van der Waals surface area contributed by atoms with E-state index >= 15 is 0 Å². The van der Waals surface area contributed by atoms with Gasteiger partial charge in [0.2, 0.25) is 0 Å². The van der Waals surface area contributed by atoms with E-state index in [0.717, 1.165) is 70.7 Å². The van der Waals surface area contributed by atoms with Crippen LogP contribution in [-0.4, -0.2) is 81.3 Å². The first kappa shape index (κ1) is 24.4. The van der Waals surface area contributed by atoms with Crippen molar-refractivity contribution >= 4 is 29.9 Å². The van der Waals surface area contributed by atoms with Gasteiger partial charge in [-0.05, 0) is 31.2 Å². The van der Waals surface area contributed by atoms with Crippen LogP contribution < -0.4 is 10.6 Å². The van der Waals surface area contributed by atoms with Crippen molar-refractivity contribution in [2.75, 3.05) is 53.5 Å². The minimum atomic E-state index is 0. The topological polar surface area (TPSA) is 52.1 Å². The van der Waals surface area contributed by atoms with E-state index in [-0.39, 0.29) is 24.0 Å². The molecule has 0 amide bonds. The number of hydrogen-bond acceptors (Lipinski definition) is 4. The number of nitrogens with one attached hydrogen (secondary N) is 2. The first-order chi connectivity index (χ1) is 13.8. The molecule has 2 aliphatic rings. The molecule has 0 radical (unpaired) electrons. The number of halogens is 1. The summed E-state index contributed by atoms with van der Waals surface area (Å²) in [4.78, 5) is 9.51. The molecule has 2 N–H and O–H groups in total. The fourth-order valence-electron chi connectivity index (χ4n) is 3.91. The van der Waals surface area contributed by atoms with E-state index in [1.54, 1.807) is 7.11 Å². The van der Waals surface area contributed by atoms with Crippen LogP contribution in [-0.2, 0) is 11.3 Å². The lowest BCUT2D eigenvalue weighted by molar-refractivity contribution is 0.144. The van der Waals surface area contributed by atoms with Crippen LogP contribution in [0.4, 0.5) is 0 Å². The Balaban J connectivity index is 0.00000300. The Labute approximate surface area is 193 Å². The minimum absolute atomic E-state index is 0. The Bertz CT molecular complexity index is 588. The fourth-order valence-corrected chi connectivity index (χ4v) is 3.91. The van der Waals surface area contributed by atoms with Gasteiger partial charge in [0.25, 0.3) is 0 Å². The van der Waals surface area contributed by atoms with E-state index in [2.05, 4.69) is 55.8 Å². The maximum Gasteiger partial charge on any atom is 0.191 e. The molecule has 29 heavy (non-hydrogen) atoms. The predicted molar refractivity (Wildman–Crippen MR) is 131 cm³/mol. The van der Waals surface area contributed by atoms with E-state index in [4.69, 9.17) is 4.74 Å². The number of nitrogens with zero attached hydrogens (tertiary/aromatic N) is 3. The van der Waals surface area contributed by atoms with Gasteiger partial charge < -0.3 is 15.4 Å². The van der Waals surface area contributed by atoms with Crippen LogP contribution in [0.3, 0.4) is 0 Å². The molecule has 1 aliphatic heterocycles. The minimum Gasteiger partial charge on any atom is -0.383 e. The van der Waals surface area contributed by atoms with Crippen molar-refractivity contribution in [3.05, 3.63) is 35.9 Å². The molecule has 3 rings (SSSR count). The van der Waals surface area contributed by atoms with Gasteiger partial charge in [0.15, 0.2) is 5.96 Å². The second-order valence-electron chi connectivity index (χ2n) is 7.94. The molecule has 1 aromatic rings. The van der Waals surface area contributed by atoms with Gasteiger partial charge in [-0.2, -0.15) is 0 Å². The number of guanidine groups is 1. The van der Waals surface area contributed by atoms with Crippen molar-refractivity contribution in [1.82, 2.24) is 20.4 Å². The van der Waals surface area contributed by atoms with E-state index < -0.39 is 0 Å². The van der Waals surface area contributed by atoms with Crippen molar-refractivity contribution in [3.63, 3.8) is 0 Å². The number of rotatable bonds is 10. The normalized spacial score (nSPS) is 18.5. The highest BCUT2D eigenvalue weighted by Gasteiger charge is 2.28.